The van der Waals surface area contributed by atoms with E-state index in [2.05, 4.69) is 21.3 Å². The summed E-state index contributed by atoms with van der Waals surface area (Å²) < 4.78 is 0. The maximum Gasteiger partial charge on any atom is 0.251 e. The topological polar surface area (TPSA) is 180 Å². The summed E-state index contributed by atoms with van der Waals surface area (Å²) in [7, 11) is 0. The lowest BCUT2D eigenvalue weighted by Crippen LogP contribution is -2.40. The van der Waals surface area contributed by atoms with Crippen molar-refractivity contribution in [1.29, 1.82) is 0 Å². The van der Waals surface area contributed by atoms with Gasteiger partial charge in [-0.3, -0.25) is 24.0 Å². The minimum absolute atomic E-state index is 0.0634. The van der Waals surface area contributed by atoms with Gasteiger partial charge in [0.25, 0.3) is 5.91 Å². The van der Waals surface area contributed by atoms with Crippen molar-refractivity contribution in [3.63, 3.8) is 0 Å². The van der Waals surface area contributed by atoms with Gasteiger partial charge < -0.3 is 32.1 Å². The lowest BCUT2D eigenvalue weighted by atomic mass is 9.77. The second kappa shape index (κ2) is 15.3. The Balaban J connectivity index is 1.14. The van der Waals surface area contributed by atoms with E-state index in [-0.39, 0.29) is 54.4 Å². The van der Waals surface area contributed by atoms with Crippen LogP contribution in [0.25, 0.3) is 11.1 Å². The minimum Gasteiger partial charge on any atom is -0.394 e. The summed E-state index contributed by atoms with van der Waals surface area (Å²) in [5, 5.41) is 20.6. The first kappa shape index (κ1) is 35.0. The first-order valence-electron chi connectivity index (χ1n) is 17.5. The maximum absolute atomic E-state index is 13.7. The number of nitrogens with two attached hydrogens (primary N) is 1. The van der Waals surface area contributed by atoms with Crippen LogP contribution in [-0.2, 0) is 32.0 Å². The van der Waals surface area contributed by atoms with Crippen LogP contribution in [0.3, 0.4) is 0 Å². The molecule has 50 heavy (non-hydrogen) atoms. The molecule has 262 valence electrons. The molecule has 1 saturated carbocycles. The van der Waals surface area contributed by atoms with E-state index in [0.717, 1.165) is 53.5 Å². The van der Waals surface area contributed by atoms with Gasteiger partial charge in [0.1, 0.15) is 11.8 Å². The molecular weight excluding hydrogens is 634 g/mol. The molecule has 2 heterocycles. The second-order valence-corrected chi connectivity index (χ2v) is 14.0. The number of hydrogen-bond acceptors (Lipinski definition) is 7. The molecule has 3 atom stereocenters. The minimum atomic E-state index is -0.685. The summed E-state index contributed by atoms with van der Waals surface area (Å²) in [6, 6.07) is 17.6. The molecule has 3 aromatic carbocycles. The summed E-state index contributed by atoms with van der Waals surface area (Å²) in [4.78, 5) is 64.1. The highest BCUT2D eigenvalue weighted by Gasteiger charge is 2.33. The Morgan fingerprint density at radius 3 is 2.42 bits per heavy atom. The number of nitrogens with one attached hydrogen (secondary N) is 4. The van der Waals surface area contributed by atoms with Gasteiger partial charge in [-0.05, 0) is 110 Å². The fourth-order valence-electron chi connectivity index (χ4n) is 7.40. The third kappa shape index (κ3) is 8.11. The Morgan fingerprint density at radius 2 is 1.74 bits per heavy atom. The second-order valence-electron chi connectivity index (χ2n) is 14.0. The maximum atomic E-state index is 13.7. The van der Waals surface area contributed by atoms with Crippen LogP contribution in [0, 0.1) is 24.7 Å². The van der Waals surface area contributed by atoms with Gasteiger partial charge in [-0.1, -0.05) is 36.4 Å². The van der Waals surface area contributed by atoms with E-state index < -0.39 is 12.0 Å². The van der Waals surface area contributed by atoms with Crippen molar-refractivity contribution in [2.75, 3.05) is 23.8 Å². The number of aliphatic hydroxyl groups is 1. The van der Waals surface area contributed by atoms with Gasteiger partial charge in [0.05, 0.1) is 19.1 Å². The zero-order valence-corrected chi connectivity index (χ0v) is 28.3. The number of fused-ring (bicyclic) bond motifs is 1. The number of rotatable bonds is 12. The Labute approximate surface area is 291 Å². The van der Waals surface area contributed by atoms with Crippen LogP contribution in [0.2, 0.25) is 0 Å². The van der Waals surface area contributed by atoms with Gasteiger partial charge in [-0.2, -0.15) is 0 Å². The summed E-state index contributed by atoms with van der Waals surface area (Å²) in [6.07, 6.45) is 4.63. The van der Waals surface area contributed by atoms with E-state index in [9.17, 15) is 29.1 Å². The predicted molar refractivity (Wildman–Crippen MR) is 190 cm³/mol. The van der Waals surface area contributed by atoms with Crippen LogP contribution >= 0.6 is 0 Å². The van der Waals surface area contributed by atoms with Crippen molar-refractivity contribution in [3.05, 3.63) is 82.9 Å². The van der Waals surface area contributed by atoms with E-state index in [1.54, 1.807) is 24.3 Å². The highest BCUT2D eigenvalue weighted by Crippen LogP contribution is 2.32. The fraction of sp³-hybridized carbons (Fsp3) is 0.410. The van der Waals surface area contributed by atoms with E-state index in [4.69, 9.17) is 5.73 Å². The standard InChI is InChI=1S/C39H45N5O6/c1-22-14-28(37(48)44-34-19-31(21-45)42-39(34)50)11-13-32(22)25-6-2-23(3-7-25)15-29(16-35(46)26-8-4-24(20-40)5-9-26)38(49)41-30-12-10-27-17-36(47)43-33(27)18-30/h2-3,6-7,10-14,18,24,26,29,31,34,45H,4-5,8-9,15-17,19-21,40H2,1H3,(H,41,49)(H,42,50)(H,43,47)(H,44,48)/t24?,26?,29-,31+,34-/m1/s1. The van der Waals surface area contributed by atoms with Crippen molar-refractivity contribution >= 4 is 40.8 Å². The number of hydrogen-bond donors (Lipinski definition) is 6. The van der Waals surface area contributed by atoms with Gasteiger partial charge in [0.2, 0.25) is 17.7 Å². The lowest BCUT2D eigenvalue weighted by Gasteiger charge is -2.27. The smallest absolute Gasteiger partial charge is 0.251 e. The number of amides is 4. The number of Topliss-reactive ketones (excluding diaryl/α,β-unsaturated/α-hetero) is 1. The summed E-state index contributed by atoms with van der Waals surface area (Å²) in [6.45, 7) is 2.38. The van der Waals surface area contributed by atoms with Gasteiger partial charge >= 0.3 is 0 Å². The molecule has 3 aromatic rings. The monoisotopic (exact) mass is 679 g/mol. The number of aliphatic hydroxyl groups excluding tert-OH is 1. The molecule has 0 spiro atoms. The van der Waals surface area contributed by atoms with Crippen LogP contribution in [-0.4, -0.2) is 59.8 Å². The van der Waals surface area contributed by atoms with Crippen LogP contribution in [0.4, 0.5) is 11.4 Å². The summed E-state index contributed by atoms with van der Waals surface area (Å²) in [5.74, 6) is -1.07. The van der Waals surface area contributed by atoms with Crippen molar-refractivity contribution in [2.45, 2.75) is 70.4 Å². The van der Waals surface area contributed by atoms with E-state index in [1.807, 2.05) is 43.3 Å². The summed E-state index contributed by atoms with van der Waals surface area (Å²) in [5.41, 5.74) is 12.1. The molecule has 0 aromatic heterocycles. The number of ketones is 1. The van der Waals surface area contributed by atoms with Crippen LogP contribution in [0.5, 0.6) is 0 Å². The highest BCUT2D eigenvalue weighted by molar-refractivity contribution is 6.02. The fourth-order valence-corrected chi connectivity index (χ4v) is 7.40. The third-order valence-electron chi connectivity index (χ3n) is 10.4. The van der Waals surface area contributed by atoms with Crippen LogP contribution < -0.4 is 27.0 Å². The summed E-state index contributed by atoms with van der Waals surface area (Å²) >= 11 is 0. The molecule has 0 unspecified atom stereocenters. The molecule has 0 bridgehead atoms. The predicted octanol–water partition coefficient (Wildman–Crippen LogP) is 3.66. The highest BCUT2D eigenvalue weighted by atomic mass is 16.3. The number of benzene rings is 3. The van der Waals surface area contributed by atoms with E-state index in [1.165, 1.54) is 0 Å². The zero-order chi connectivity index (χ0) is 35.4. The number of carbonyl (C=O) groups is 5. The van der Waals surface area contributed by atoms with Crippen molar-refractivity contribution in [1.82, 2.24) is 10.6 Å². The van der Waals surface area contributed by atoms with Crippen LogP contribution in [0.1, 0.15) is 65.6 Å². The first-order valence-corrected chi connectivity index (χ1v) is 17.5. The van der Waals surface area contributed by atoms with Crippen molar-refractivity contribution in [2.24, 2.45) is 23.5 Å². The largest absolute Gasteiger partial charge is 0.394 e. The molecule has 2 aliphatic heterocycles. The Hall–Kier alpha value is -4.87. The molecule has 11 heteroatoms. The van der Waals surface area contributed by atoms with Gasteiger partial charge in [0, 0.05) is 35.2 Å². The molecule has 6 rings (SSSR count). The van der Waals surface area contributed by atoms with Crippen LogP contribution in [0.15, 0.2) is 60.7 Å². The normalized spacial score (nSPS) is 21.9. The first-order chi connectivity index (χ1) is 24.1. The number of carbonyl (C=O) groups excluding carboxylic acids is 5. The van der Waals surface area contributed by atoms with Gasteiger partial charge in [-0.25, -0.2) is 0 Å². The van der Waals surface area contributed by atoms with E-state index >= 15 is 0 Å². The molecule has 11 nitrogen and oxygen atoms in total. The molecule has 4 amide bonds. The van der Waals surface area contributed by atoms with Crippen molar-refractivity contribution < 1.29 is 29.1 Å². The molecule has 1 aliphatic carbocycles. The Kier molecular flexibility index (Phi) is 10.7. The third-order valence-corrected chi connectivity index (χ3v) is 10.4. The van der Waals surface area contributed by atoms with Crippen molar-refractivity contribution in [3.8, 4) is 11.1 Å². The molecule has 1 saturated heterocycles. The SMILES string of the molecule is Cc1cc(C(=O)N[C@@H]2C[C@@H](CO)NC2=O)ccc1-c1ccc(C[C@H](CC(=O)C2CCC(CN)CC2)C(=O)Nc2ccc3c(c2)NC(=O)C3)cc1. The Bertz CT molecular complexity index is 1780. The molecule has 2 fully saturated rings. The molecule has 3 aliphatic rings. The number of anilines is 2. The molecular formula is C39H45N5O6. The zero-order valence-electron chi connectivity index (χ0n) is 28.3. The Morgan fingerprint density at radius 1 is 0.980 bits per heavy atom. The lowest BCUT2D eigenvalue weighted by molar-refractivity contribution is -0.129. The van der Waals surface area contributed by atoms with Gasteiger partial charge in [-0.15, -0.1) is 0 Å². The molecule has 7 N–H and O–H groups in total. The average molecular weight is 680 g/mol. The van der Waals surface area contributed by atoms with E-state index in [0.29, 0.717) is 48.7 Å². The quantitative estimate of drug-likeness (QED) is 0.169. The average Bonchev–Trinajstić information content (AvgIpc) is 3.67. The molecule has 0 radical (unpaired) electrons. The number of aryl methyl sites for hydroxylation is 1. The van der Waals surface area contributed by atoms with Gasteiger partial charge in [0.15, 0.2) is 0 Å².